The molecule has 8 heteroatoms. The van der Waals surface area contributed by atoms with Crippen LogP contribution in [0.2, 0.25) is 0 Å². The van der Waals surface area contributed by atoms with E-state index >= 15 is 0 Å². The SMILES string of the molecule is CN(C)S(=O)(=O)c1csc(C(=O)OCC(=O)c2ccccc2)c1. The summed E-state index contributed by atoms with van der Waals surface area (Å²) in [6.45, 7) is -0.392. The van der Waals surface area contributed by atoms with Crippen molar-refractivity contribution in [2.24, 2.45) is 0 Å². The number of ether oxygens (including phenoxy) is 1. The van der Waals surface area contributed by atoms with Crippen molar-refractivity contribution in [1.82, 2.24) is 4.31 Å². The van der Waals surface area contributed by atoms with Crippen molar-refractivity contribution in [2.45, 2.75) is 4.90 Å². The maximum Gasteiger partial charge on any atom is 0.348 e. The fourth-order valence-corrected chi connectivity index (χ4v) is 3.74. The van der Waals surface area contributed by atoms with Gasteiger partial charge in [-0.1, -0.05) is 30.3 Å². The number of hydrogen-bond donors (Lipinski definition) is 0. The lowest BCUT2D eigenvalue weighted by molar-refractivity contribution is 0.0479. The predicted octanol–water partition coefficient (Wildman–Crippen LogP) is 2.04. The van der Waals surface area contributed by atoms with Gasteiger partial charge in [0.2, 0.25) is 10.0 Å². The number of carbonyl (C=O) groups excluding carboxylic acids is 2. The molecular weight excluding hydrogens is 338 g/mol. The second-order valence-corrected chi connectivity index (χ2v) is 7.86. The highest BCUT2D eigenvalue weighted by Gasteiger charge is 2.22. The minimum atomic E-state index is -3.59. The zero-order valence-electron chi connectivity index (χ0n) is 12.6. The molecule has 0 aliphatic rings. The molecule has 0 bridgehead atoms. The Morgan fingerprint density at radius 2 is 1.83 bits per heavy atom. The van der Waals surface area contributed by atoms with Crippen molar-refractivity contribution in [3.05, 3.63) is 52.2 Å². The number of Topliss-reactive ketones (excluding diaryl/α,β-unsaturated/α-hetero) is 1. The third-order valence-electron chi connectivity index (χ3n) is 2.99. The topological polar surface area (TPSA) is 80.8 Å². The van der Waals surface area contributed by atoms with Gasteiger partial charge in [0.05, 0.1) is 4.90 Å². The molecule has 23 heavy (non-hydrogen) atoms. The molecule has 0 aliphatic heterocycles. The minimum absolute atomic E-state index is 0.0221. The van der Waals surface area contributed by atoms with Crippen molar-refractivity contribution >= 4 is 33.1 Å². The smallest absolute Gasteiger partial charge is 0.348 e. The molecule has 2 rings (SSSR count). The van der Waals surface area contributed by atoms with Crippen LogP contribution in [0.15, 0.2) is 46.7 Å². The van der Waals surface area contributed by atoms with Crippen LogP contribution in [0.25, 0.3) is 0 Å². The molecule has 1 heterocycles. The van der Waals surface area contributed by atoms with Crippen LogP contribution in [-0.2, 0) is 14.8 Å². The van der Waals surface area contributed by atoms with Crippen LogP contribution in [-0.4, -0.2) is 45.2 Å². The standard InChI is InChI=1S/C15H15NO5S2/c1-16(2)23(19,20)12-8-14(22-10-12)15(18)21-9-13(17)11-6-4-3-5-7-11/h3-8,10H,9H2,1-2H3. The molecule has 2 aromatic rings. The zero-order chi connectivity index (χ0) is 17.0. The van der Waals surface area contributed by atoms with Gasteiger partial charge >= 0.3 is 5.97 Å². The van der Waals surface area contributed by atoms with E-state index in [-0.39, 0.29) is 15.6 Å². The van der Waals surface area contributed by atoms with Crippen molar-refractivity contribution in [2.75, 3.05) is 20.7 Å². The average Bonchev–Trinajstić information content (AvgIpc) is 3.03. The molecule has 0 atom stereocenters. The fraction of sp³-hybridized carbons (Fsp3) is 0.200. The average molecular weight is 353 g/mol. The first-order chi connectivity index (χ1) is 10.8. The Kier molecular flexibility index (Phi) is 5.30. The number of sulfonamides is 1. The van der Waals surface area contributed by atoms with E-state index < -0.39 is 22.6 Å². The van der Waals surface area contributed by atoms with Crippen LogP contribution in [0.1, 0.15) is 20.0 Å². The summed E-state index contributed by atoms with van der Waals surface area (Å²) >= 11 is 0.958. The predicted molar refractivity (Wildman–Crippen MR) is 86.2 cm³/mol. The van der Waals surface area contributed by atoms with Crippen LogP contribution >= 0.6 is 11.3 Å². The normalized spacial score (nSPS) is 11.4. The first-order valence-electron chi connectivity index (χ1n) is 6.59. The Labute approximate surface area is 138 Å². The Balaban J connectivity index is 2.02. The lowest BCUT2D eigenvalue weighted by Gasteiger charge is -2.08. The van der Waals surface area contributed by atoms with E-state index in [9.17, 15) is 18.0 Å². The number of nitrogens with zero attached hydrogens (tertiary/aromatic N) is 1. The maximum absolute atomic E-state index is 11.9. The lowest BCUT2D eigenvalue weighted by Crippen LogP contribution is -2.21. The van der Waals surface area contributed by atoms with Crippen LogP contribution in [0.4, 0.5) is 0 Å². The monoisotopic (exact) mass is 353 g/mol. The molecular formula is C15H15NO5S2. The summed E-state index contributed by atoms with van der Waals surface area (Å²) in [7, 11) is -0.782. The van der Waals surface area contributed by atoms with Crippen LogP contribution in [0, 0.1) is 0 Å². The first-order valence-corrected chi connectivity index (χ1v) is 8.91. The summed E-state index contributed by atoms with van der Waals surface area (Å²) in [5.74, 6) is -1.05. The number of benzene rings is 1. The van der Waals surface area contributed by atoms with Gasteiger partial charge in [-0.2, -0.15) is 0 Å². The molecule has 0 unspecified atom stereocenters. The largest absolute Gasteiger partial charge is 0.453 e. The van der Waals surface area contributed by atoms with Gasteiger partial charge in [0.25, 0.3) is 0 Å². The van der Waals surface area contributed by atoms with E-state index in [2.05, 4.69) is 0 Å². The maximum atomic E-state index is 11.9. The van der Waals surface area contributed by atoms with Crippen LogP contribution < -0.4 is 0 Å². The summed E-state index contributed by atoms with van der Waals surface area (Å²) in [5, 5.41) is 1.37. The molecule has 122 valence electrons. The molecule has 1 aromatic carbocycles. The van der Waals surface area contributed by atoms with E-state index in [0.717, 1.165) is 15.6 Å². The Bertz CT molecular complexity index is 809. The molecule has 1 aromatic heterocycles. The second kappa shape index (κ2) is 7.03. The second-order valence-electron chi connectivity index (χ2n) is 4.80. The van der Waals surface area contributed by atoms with Gasteiger partial charge in [-0.25, -0.2) is 17.5 Å². The number of hydrogen-bond acceptors (Lipinski definition) is 6. The Morgan fingerprint density at radius 3 is 2.43 bits per heavy atom. The lowest BCUT2D eigenvalue weighted by atomic mass is 10.1. The highest BCUT2D eigenvalue weighted by atomic mass is 32.2. The van der Waals surface area contributed by atoms with E-state index in [1.165, 1.54) is 25.5 Å². The zero-order valence-corrected chi connectivity index (χ0v) is 14.2. The van der Waals surface area contributed by atoms with Gasteiger partial charge < -0.3 is 4.74 Å². The molecule has 0 saturated heterocycles. The number of esters is 1. The molecule has 0 N–H and O–H groups in total. The molecule has 0 aliphatic carbocycles. The van der Waals surface area contributed by atoms with Crippen molar-refractivity contribution in [3.63, 3.8) is 0 Å². The molecule has 0 saturated carbocycles. The van der Waals surface area contributed by atoms with Crippen LogP contribution in [0.3, 0.4) is 0 Å². The fourth-order valence-electron chi connectivity index (χ4n) is 1.68. The summed E-state index contributed by atoms with van der Waals surface area (Å²) in [5.41, 5.74) is 0.447. The van der Waals surface area contributed by atoms with Gasteiger partial charge in [0.1, 0.15) is 4.88 Å². The third kappa shape index (κ3) is 4.04. The minimum Gasteiger partial charge on any atom is -0.453 e. The highest BCUT2D eigenvalue weighted by Crippen LogP contribution is 2.22. The third-order valence-corrected chi connectivity index (χ3v) is 5.84. The highest BCUT2D eigenvalue weighted by molar-refractivity contribution is 7.89. The van der Waals surface area contributed by atoms with Gasteiger partial charge in [0.15, 0.2) is 12.4 Å². The molecule has 6 nitrogen and oxygen atoms in total. The first kappa shape index (κ1) is 17.3. The van der Waals surface area contributed by atoms with E-state index in [1.807, 2.05) is 0 Å². The van der Waals surface area contributed by atoms with Crippen molar-refractivity contribution in [1.29, 1.82) is 0 Å². The van der Waals surface area contributed by atoms with E-state index in [4.69, 9.17) is 4.74 Å². The molecule has 0 amide bonds. The van der Waals surface area contributed by atoms with Gasteiger partial charge in [0, 0.05) is 25.0 Å². The Morgan fingerprint density at radius 1 is 1.17 bits per heavy atom. The molecule has 0 radical (unpaired) electrons. The Hall–Kier alpha value is -2.03. The summed E-state index contributed by atoms with van der Waals surface area (Å²) < 4.78 is 29.9. The van der Waals surface area contributed by atoms with Gasteiger partial charge in [-0.3, -0.25) is 4.79 Å². The molecule has 0 spiro atoms. The number of ketones is 1. The summed E-state index contributed by atoms with van der Waals surface area (Å²) in [6, 6.07) is 9.71. The number of rotatable bonds is 6. The van der Waals surface area contributed by atoms with Gasteiger partial charge in [-0.15, -0.1) is 11.3 Å². The van der Waals surface area contributed by atoms with Crippen molar-refractivity contribution in [3.8, 4) is 0 Å². The van der Waals surface area contributed by atoms with Crippen LogP contribution in [0.5, 0.6) is 0 Å². The number of carbonyl (C=O) groups is 2. The van der Waals surface area contributed by atoms with Crippen molar-refractivity contribution < 1.29 is 22.7 Å². The van der Waals surface area contributed by atoms with E-state index in [0.29, 0.717) is 5.56 Å². The quantitative estimate of drug-likeness (QED) is 0.586. The molecule has 0 fully saturated rings. The summed E-state index contributed by atoms with van der Waals surface area (Å²) in [4.78, 5) is 23.9. The van der Waals surface area contributed by atoms with Gasteiger partial charge in [-0.05, 0) is 6.07 Å². The number of thiophene rings is 1. The van der Waals surface area contributed by atoms with E-state index in [1.54, 1.807) is 30.3 Å². The summed E-state index contributed by atoms with van der Waals surface area (Å²) in [6.07, 6.45) is 0.